The van der Waals surface area contributed by atoms with Crippen molar-refractivity contribution in [2.75, 3.05) is 5.32 Å². The summed E-state index contributed by atoms with van der Waals surface area (Å²) in [4.78, 5) is 16.7. The molecule has 25 heavy (non-hydrogen) atoms. The number of nitrogens with one attached hydrogen (secondary N) is 1. The van der Waals surface area contributed by atoms with E-state index in [4.69, 9.17) is 4.42 Å². The number of anilines is 1. The summed E-state index contributed by atoms with van der Waals surface area (Å²) in [5.41, 5.74) is 3.74. The Morgan fingerprint density at radius 2 is 1.76 bits per heavy atom. The molecule has 3 aromatic carbocycles. The molecule has 0 aliphatic rings. The van der Waals surface area contributed by atoms with Gasteiger partial charge in [-0.3, -0.25) is 4.79 Å². The second kappa shape index (κ2) is 6.53. The van der Waals surface area contributed by atoms with Crippen molar-refractivity contribution in [3.63, 3.8) is 0 Å². The Morgan fingerprint density at radius 3 is 2.52 bits per heavy atom. The van der Waals surface area contributed by atoms with E-state index >= 15 is 0 Å². The van der Waals surface area contributed by atoms with Gasteiger partial charge in [0.1, 0.15) is 5.52 Å². The van der Waals surface area contributed by atoms with E-state index in [0.29, 0.717) is 17.1 Å². The minimum Gasteiger partial charge on any atom is -0.436 e. The molecule has 0 fully saturated rings. The fourth-order valence-electron chi connectivity index (χ4n) is 2.52. The van der Waals surface area contributed by atoms with Gasteiger partial charge in [0.2, 0.25) is 5.89 Å². The SMILES string of the molecule is O=C(Nc1ccc(-c2nc3ccccc3o2)cc1)c1cccc(Br)c1. The molecule has 1 aromatic heterocycles. The molecule has 0 radical (unpaired) electrons. The number of fused-ring (bicyclic) bond motifs is 1. The number of aromatic nitrogens is 1. The van der Waals surface area contributed by atoms with Gasteiger partial charge in [0, 0.05) is 21.3 Å². The number of hydrogen-bond acceptors (Lipinski definition) is 3. The van der Waals surface area contributed by atoms with Gasteiger partial charge >= 0.3 is 0 Å². The van der Waals surface area contributed by atoms with E-state index in [2.05, 4.69) is 26.2 Å². The van der Waals surface area contributed by atoms with Crippen molar-refractivity contribution in [2.24, 2.45) is 0 Å². The maximum absolute atomic E-state index is 12.3. The van der Waals surface area contributed by atoms with Gasteiger partial charge in [-0.15, -0.1) is 0 Å². The molecule has 1 amide bonds. The van der Waals surface area contributed by atoms with Crippen molar-refractivity contribution < 1.29 is 9.21 Å². The van der Waals surface area contributed by atoms with Crippen LogP contribution in [-0.2, 0) is 0 Å². The Hall–Kier alpha value is -2.92. The largest absolute Gasteiger partial charge is 0.436 e. The van der Waals surface area contributed by atoms with Crippen molar-refractivity contribution in [1.82, 2.24) is 4.98 Å². The zero-order chi connectivity index (χ0) is 17.2. The Bertz CT molecular complexity index is 1020. The molecule has 4 rings (SSSR count). The highest BCUT2D eigenvalue weighted by atomic mass is 79.9. The van der Waals surface area contributed by atoms with Crippen LogP contribution in [0.5, 0.6) is 0 Å². The lowest BCUT2D eigenvalue weighted by Crippen LogP contribution is -2.11. The maximum atomic E-state index is 12.3. The molecule has 1 heterocycles. The molecule has 122 valence electrons. The van der Waals surface area contributed by atoms with Crippen LogP contribution in [-0.4, -0.2) is 10.9 Å². The zero-order valence-corrected chi connectivity index (χ0v) is 14.7. The number of halogens is 1. The Kier molecular flexibility index (Phi) is 4.07. The number of rotatable bonds is 3. The summed E-state index contributed by atoms with van der Waals surface area (Å²) in [5.74, 6) is 0.405. The monoisotopic (exact) mass is 392 g/mol. The second-order valence-corrected chi connectivity index (χ2v) is 6.44. The van der Waals surface area contributed by atoms with Crippen LogP contribution in [0, 0.1) is 0 Å². The average molecular weight is 393 g/mol. The van der Waals surface area contributed by atoms with Crippen molar-refractivity contribution in [2.45, 2.75) is 0 Å². The third-order valence-corrected chi connectivity index (χ3v) is 4.26. The fraction of sp³-hybridized carbons (Fsp3) is 0. The molecule has 0 unspecified atom stereocenters. The van der Waals surface area contributed by atoms with E-state index in [1.54, 1.807) is 12.1 Å². The van der Waals surface area contributed by atoms with Gasteiger partial charge in [-0.1, -0.05) is 34.1 Å². The van der Waals surface area contributed by atoms with Gasteiger partial charge in [-0.2, -0.15) is 0 Å². The first-order chi connectivity index (χ1) is 12.2. The van der Waals surface area contributed by atoms with Crippen LogP contribution in [0.15, 0.2) is 81.7 Å². The van der Waals surface area contributed by atoms with Crippen LogP contribution < -0.4 is 5.32 Å². The summed E-state index contributed by atoms with van der Waals surface area (Å²) < 4.78 is 6.62. The lowest BCUT2D eigenvalue weighted by Gasteiger charge is -2.06. The summed E-state index contributed by atoms with van der Waals surface area (Å²) in [6.45, 7) is 0. The molecule has 1 N–H and O–H groups in total. The van der Waals surface area contributed by atoms with E-state index in [-0.39, 0.29) is 5.91 Å². The smallest absolute Gasteiger partial charge is 0.255 e. The summed E-state index contributed by atoms with van der Waals surface area (Å²) in [7, 11) is 0. The van der Waals surface area contributed by atoms with Gasteiger partial charge in [0.05, 0.1) is 0 Å². The van der Waals surface area contributed by atoms with E-state index in [1.807, 2.05) is 60.7 Å². The highest BCUT2D eigenvalue weighted by Crippen LogP contribution is 2.25. The molecule has 4 nitrogen and oxygen atoms in total. The zero-order valence-electron chi connectivity index (χ0n) is 13.1. The van der Waals surface area contributed by atoms with E-state index < -0.39 is 0 Å². The number of para-hydroxylation sites is 2. The van der Waals surface area contributed by atoms with Crippen molar-refractivity contribution in [3.05, 3.63) is 82.8 Å². The summed E-state index contributed by atoms with van der Waals surface area (Å²) >= 11 is 3.37. The number of carbonyl (C=O) groups excluding carboxylic acids is 1. The highest BCUT2D eigenvalue weighted by molar-refractivity contribution is 9.10. The summed E-state index contributed by atoms with van der Waals surface area (Å²) in [5, 5.41) is 2.88. The van der Waals surface area contributed by atoms with Crippen LogP contribution in [0.3, 0.4) is 0 Å². The first kappa shape index (κ1) is 15.6. The third-order valence-electron chi connectivity index (χ3n) is 3.77. The predicted molar refractivity (Wildman–Crippen MR) is 102 cm³/mol. The van der Waals surface area contributed by atoms with E-state index in [9.17, 15) is 4.79 Å². The Balaban J connectivity index is 1.54. The molecule has 0 spiro atoms. The van der Waals surface area contributed by atoms with Gasteiger partial charge in [0.25, 0.3) is 5.91 Å². The normalized spacial score (nSPS) is 10.8. The topological polar surface area (TPSA) is 55.1 Å². The van der Waals surface area contributed by atoms with Gasteiger partial charge in [-0.05, 0) is 54.6 Å². The van der Waals surface area contributed by atoms with E-state index in [1.165, 1.54) is 0 Å². The molecule has 0 atom stereocenters. The van der Waals surface area contributed by atoms with Crippen LogP contribution in [0.25, 0.3) is 22.6 Å². The number of benzene rings is 3. The molecule has 4 aromatic rings. The predicted octanol–water partition coefficient (Wildman–Crippen LogP) is 5.51. The second-order valence-electron chi connectivity index (χ2n) is 5.53. The van der Waals surface area contributed by atoms with Crippen LogP contribution in [0.1, 0.15) is 10.4 Å². The fourth-order valence-corrected chi connectivity index (χ4v) is 2.92. The minimum absolute atomic E-state index is 0.157. The standard InChI is InChI=1S/C20H13BrN2O2/c21-15-5-3-4-14(12-15)19(24)22-16-10-8-13(9-11-16)20-23-17-6-1-2-7-18(17)25-20/h1-12H,(H,22,24). The minimum atomic E-state index is -0.157. The maximum Gasteiger partial charge on any atom is 0.255 e. The highest BCUT2D eigenvalue weighted by Gasteiger charge is 2.09. The quantitative estimate of drug-likeness (QED) is 0.499. The Morgan fingerprint density at radius 1 is 0.960 bits per heavy atom. The van der Waals surface area contributed by atoms with Crippen molar-refractivity contribution in [1.29, 1.82) is 0 Å². The van der Waals surface area contributed by atoms with Gasteiger partial charge in [0.15, 0.2) is 5.58 Å². The molecule has 0 aliphatic carbocycles. The Labute approximate surface area is 152 Å². The molecule has 5 heteroatoms. The van der Waals surface area contributed by atoms with Crippen LogP contribution in [0.4, 0.5) is 5.69 Å². The van der Waals surface area contributed by atoms with Gasteiger partial charge in [-0.25, -0.2) is 4.98 Å². The van der Waals surface area contributed by atoms with E-state index in [0.717, 1.165) is 21.1 Å². The van der Waals surface area contributed by atoms with Crippen LogP contribution >= 0.6 is 15.9 Å². The van der Waals surface area contributed by atoms with Crippen molar-refractivity contribution in [3.8, 4) is 11.5 Å². The molecular weight excluding hydrogens is 380 g/mol. The van der Waals surface area contributed by atoms with Crippen molar-refractivity contribution >= 4 is 38.6 Å². The number of oxazole rings is 1. The first-order valence-corrected chi connectivity index (χ1v) is 8.51. The number of nitrogens with zero attached hydrogens (tertiary/aromatic N) is 1. The lowest BCUT2D eigenvalue weighted by molar-refractivity contribution is 0.102. The first-order valence-electron chi connectivity index (χ1n) is 7.72. The van der Waals surface area contributed by atoms with Gasteiger partial charge < -0.3 is 9.73 Å². The number of carbonyl (C=O) groups is 1. The molecular formula is C20H13BrN2O2. The molecule has 0 aliphatic heterocycles. The number of amides is 1. The number of hydrogen-bond donors (Lipinski definition) is 1. The molecule has 0 saturated heterocycles. The summed E-state index contributed by atoms with van der Waals surface area (Å²) in [6.07, 6.45) is 0. The summed E-state index contributed by atoms with van der Waals surface area (Å²) in [6, 6.07) is 22.3. The van der Waals surface area contributed by atoms with Crippen LogP contribution in [0.2, 0.25) is 0 Å². The average Bonchev–Trinajstić information content (AvgIpc) is 3.06. The molecule has 0 saturated carbocycles. The lowest BCUT2D eigenvalue weighted by atomic mass is 10.2. The third kappa shape index (κ3) is 3.32. The molecule has 0 bridgehead atoms.